The SMILES string of the molecule is C/C(=N\NC(=O)c1ccc(Cl)cc1)c1ccc(C2CCCCC2)cc1. The third-order valence-electron chi connectivity index (χ3n) is 4.84. The van der Waals surface area contributed by atoms with Gasteiger partial charge in [0, 0.05) is 10.6 Å². The monoisotopic (exact) mass is 354 g/mol. The van der Waals surface area contributed by atoms with Crippen molar-refractivity contribution < 1.29 is 4.79 Å². The van der Waals surface area contributed by atoms with E-state index in [0.29, 0.717) is 16.5 Å². The number of carbonyl (C=O) groups is 1. The summed E-state index contributed by atoms with van der Waals surface area (Å²) in [5.41, 5.74) is 6.37. The average Bonchev–Trinajstić information content (AvgIpc) is 2.67. The Balaban J connectivity index is 1.63. The molecule has 1 amide bonds. The molecule has 2 aromatic rings. The van der Waals surface area contributed by atoms with Gasteiger partial charge in [0.1, 0.15) is 0 Å². The fourth-order valence-corrected chi connectivity index (χ4v) is 3.42. The number of hydrazone groups is 1. The summed E-state index contributed by atoms with van der Waals surface area (Å²) in [5.74, 6) is 0.458. The molecule has 0 unspecified atom stereocenters. The van der Waals surface area contributed by atoms with Crippen LogP contribution in [0.5, 0.6) is 0 Å². The van der Waals surface area contributed by atoms with E-state index in [-0.39, 0.29) is 5.91 Å². The number of rotatable bonds is 4. The van der Waals surface area contributed by atoms with E-state index in [1.807, 2.05) is 6.92 Å². The summed E-state index contributed by atoms with van der Waals surface area (Å²) in [6.45, 7) is 1.90. The van der Waals surface area contributed by atoms with Crippen molar-refractivity contribution in [2.45, 2.75) is 44.9 Å². The van der Waals surface area contributed by atoms with Gasteiger partial charge in [-0.1, -0.05) is 55.1 Å². The fourth-order valence-electron chi connectivity index (χ4n) is 3.30. The van der Waals surface area contributed by atoms with Crippen LogP contribution in [0.2, 0.25) is 5.02 Å². The van der Waals surface area contributed by atoms with Crippen molar-refractivity contribution in [2.24, 2.45) is 5.10 Å². The Morgan fingerprint density at radius 3 is 2.20 bits per heavy atom. The van der Waals surface area contributed by atoms with Gasteiger partial charge in [-0.05, 0) is 61.1 Å². The Hall–Kier alpha value is -2.13. The third-order valence-corrected chi connectivity index (χ3v) is 5.09. The third kappa shape index (κ3) is 4.70. The predicted octanol–water partition coefficient (Wildman–Crippen LogP) is 5.54. The Morgan fingerprint density at radius 2 is 1.56 bits per heavy atom. The molecule has 0 spiro atoms. The zero-order valence-corrected chi connectivity index (χ0v) is 15.2. The minimum Gasteiger partial charge on any atom is -0.267 e. The van der Waals surface area contributed by atoms with Gasteiger partial charge in [0.15, 0.2) is 0 Å². The molecule has 0 saturated heterocycles. The summed E-state index contributed by atoms with van der Waals surface area (Å²) in [5, 5.41) is 4.83. The minimum absolute atomic E-state index is 0.241. The predicted molar refractivity (Wildman–Crippen MR) is 103 cm³/mol. The van der Waals surface area contributed by atoms with Crippen molar-refractivity contribution in [3.05, 3.63) is 70.2 Å². The highest BCUT2D eigenvalue weighted by Crippen LogP contribution is 2.32. The van der Waals surface area contributed by atoms with E-state index in [2.05, 4.69) is 34.8 Å². The number of hydrogen-bond donors (Lipinski definition) is 1. The molecule has 3 rings (SSSR count). The largest absolute Gasteiger partial charge is 0.271 e. The van der Waals surface area contributed by atoms with Crippen LogP contribution in [0.4, 0.5) is 0 Å². The van der Waals surface area contributed by atoms with Gasteiger partial charge in [-0.25, -0.2) is 5.43 Å². The molecule has 25 heavy (non-hydrogen) atoms. The maximum Gasteiger partial charge on any atom is 0.271 e. The standard InChI is InChI=1S/C21H23ClN2O/c1-15(23-24-21(25)19-11-13-20(22)14-12-19)16-7-9-18(10-8-16)17-5-3-2-4-6-17/h7-14,17H,2-6H2,1H3,(H,24,25)/b23-15+. The van der Waals surface area contributed by atoms with Crippen LogP contribution < -0.4 is 5.43 Å². The zero-order chi connectivity index (χ0) is 17.6. The molecule has 1 saturated carbocycles. The lowest BCUT2D eigenvalue weighted by molar-refractivity contribution is 0.0955. The van der Waals surface area contributed by atoms with Gasteiger partial charge in [-0.3, -0.25) is 4.79 Å². The second-order valence-corrected chi connectivity index (χ2v) is 7.04. The van der Waals surface area contributed by atoms with Crippen LogP contribution in [-0.4, -0.2) is 11.6 Å². The maximum atomic E-state index is 12.1. The Morgan fingerprint density at radius 1 is 0.960 bits per heavy atom. The van der Waals surface area contributed by atoms with Crippen molar-refractivity contribution in [2.75, 3.05) is 0 Å². The van der Waals surface area contributed by atoms with Crippen LogP contribution in [0.15, 0.2) is 53.6 Å². The van der Waals surface area contributed by atoms with Crippen molar-refractivity contribution in [3.8, 4) is 0 Å². The van der Waals surface area contributed by atoms with Gasteiger partial charge in [0.2, 0.25) is 0 Å². The molecule has 0 atom stereocenters. The molecule has 0 radical (unpaired) electrons. The quantitative estimate of drug-likeness (QED) is 0.568. The van der Waals surface area contributed by atoms with E-state index in [1.54, 1.807) is 24.3 Å². The lowest BCUT2D eigenvalue weighted by atomic mass is 9.84. The van der Waals surface area contributed by atoms with Gasteiger partial charge >= 0.3 is 0 Å². The highest BCUT2D eigenvalue weighted by atomic mass is 35.5. The molecule has 3 nitrogen and oxygen atoms in total. The van der Waals surface area contributed by atoms with E-state index < -0.39 is 0 Å². The highest BCUT2D eigenvalue weighted by Gasteiger charge is 2.15. The molecular weight excluding hydrogens is 332 g/mol. The lowest BCUT2D eigenvalue weighted by Gasteiger charge is -2.22. The molecular formula is C21H23ClN2O. The van der Waals surface area contributed by atoms with E-state index in [0.717, 1.165) is 11.3 Å². The van der Waals surface area contributed by atoms with Crippen LogP contribution >= 0.6 is 11.6 Å². The van der Waals surface area contributed by atoms with Crippen LogP contribution in [0.1, 0.15) is 66.4 Å². The number of halogens is 1. The molecule has 2 aromatic carbocycles. The molecule has 0 aliphatic heterocycles. The van der Waals surface area contributed by atoms with E-state index in [1.165, 1.54) is 37.7 Å². The Labute approximate surface area is 154 Å². The van der Waals surface area contributed by atoms with Gasteiger partial charge in [0.25, 0.3) is 5.91 Å². The molecule has 1 aliphatic rings. The molecule has 1 fully saturated rings. The number of benzene rings is 2. The summed E-state index contributed by atoms with van der Waals surface area (Å²) in [7, 11) is 0. The molecule has 130 valence electrons. The van der Waals surface area contributed by atoms with E-state index in [9.17, 15) is 4.79 Å². The number of nitrogens with one attached hydrogen (secondary N) is 1. The van der Waals surface area contributed by atoms with Crippen LogP contribution in [-0.2, 0) is 0 Å². The number of nitrogens with zero attached hydrogens (tertiary/aromatic N) is 1. The van der Waals surface area contributed by atoms with Crippen molar-refractivity contribution >= 4 is 23.2 Å². The van der Waals surface area contributed by atoms with Gasteiger partial charge in [-0.2, -0.15) is 5.10 Å². The zero-order valence-electron chi connectivity index (χ0n) is 14.5. The topological polar surface area (TPSA) is 41.5 Å². The molecule has 1 N–H and O–H groups in total. The number of amides is 1. The van der Waals surface area contributed by atoms with Crippen molar-refractivity contribution in [1.29, 1.82) is 0 Å². The molecule has 0 aromatic heterocycles. The van der Waals surface area contributed by atoms with E-state index >= 15 is 0 Å². The van der Waals surface area contributed by atoms with Gasteiger partial charge in [0.05, 0.1) is 5.71 Å². The van der Waals surface area contributed by atoms with Crippen molar-refractivity contribution in [3.63, 3.8) is 0 Å². The van der Waals surface area contributed by atoms with Gasteiger partial charge < -0.3 is 0 Å². The first-order chi connectivity index (χ1) is 12.1. The Kier molecular flexibility index (Phi) is 5.87. The summed E-state index contributed by atoms with van der Waals surface area (Å²) in [6.07, 6.45) is 6.63. The maximum absolute atomic E-state index is 12.1. The first kappa shape index (κ1) is 17.7. The normalized spacial score (nSPS) is 15.8. The van der Waals surface area contributed by atoms with Crippen LogP contribution in [0.25, 0.3) is 0 Å². The highest BCUT2D eigenvalue weighted by molar-refractivity contribution is 6.30. The van der Waals surface area contributed by atoms with Crippen molar-refractivity contribution in [1.82, 2.24) is 5.43 Å². The van der Waals surface area contributed by atoms with Gasteiger partial charge in [-0.15, -0.1) is 0 Å². The number of hydrogen-bond acceptors (Lipinski definition) is 2. The smallest absolute Gasteiger partial charge is 0.267 e. The minimum atomic E-state index is -0.241. The Bertz CT molecular complexity index is 744. The molecule has 4 heteroatoms. The first-order valence-corrected chi connectivity index (χ1v) is 9.22. The summed E-state index contributed by atoms with van der Waals surface area (Å²) >= 11 is 5.83. The van der Waals surface area contributed by atoms with Crippen LogP contribution in [0.3, 0.4) is 0 Å². The summed E-state index contributed by atoms with van der Waals surface area (Å²) < 4.78 is 0. The second kappa shape index (κ2) is 8.30. The fraction of sp³-hybridized carbons (Fsp3) is 0.333. The number of carbonyl (C=O) groups excluding carboxylic acids is 1. The van der Waals surface area contributed by atoms with E-state index in [4.69, 9.17) is 11.6 Å². The summed E-state index contributed by atoms with van der Waals surface area (Å²) in [4.78, 5) is 12.1. The molecule has 0 bridgehead atoms. The lowest BCUT2D eigenvalue weighted by Crippen LogP contribution is -2.19. The average molecular weight is 355 g/mol. The second-order valence-electron chi connectivity index (χ2n) is 6.60. The van der Waals surface area contributed by atoms with Crippen LogP contribution in [0, 0.1) is 0 Å². The molecule has 0 heterocycles. The first-order valence-electron chi connectivity index (χ1n) is 8.84. The molecule has 1 aliphatic carbocycles. The summed E-state index contributed by atoms with van der Waals surface area (Å²) in [6, 6.07) is 15.3.